The molecule has 1 saturated carbocycles. The van der Waals surface area contributed by atoms with Gasteiger partial charge in [0.15, 0.2) is 0 Å². The van der Waals surface area contributed by atoms with Gasteiger partial charge in [0.2, 0.25) is 0 Å². The molecule has 0 aromatic carbocycles. The van der Waals surface area contributed by atoms with Gasteiger partial charge in [-0.1, -0.05) is 6.42 Å². The first-order valence-corrected chi connectivity index (χ1v) is 4.78. The fraction of sp³-hybridized carbons (Fsp3) is 1.00. The van der Waals surface area contributed by atoms with Crippen LogP contribution in [0.2, 0.25) is 0 Å². The van der Waals surface area contributed by atoms with E-state index >= 15 is 0 Å². The molecule has 0 radical (unpaired) electrons. The van der Waals surface area contributed by atoms with Crippen molar-refractivity contribution in [3.8, 4) is 0 Å². The summed E-state index contributed by atoms with van der Waals surface area (Å²) < 4.78 is 0. The summed E-state index contributed by atoms with van der Waals surface area (Å²) in [6.07, 6.45) is 7.60. The molecule has 0 aromatic heterocycles. The molecular formula is C9H18N+. The molecule has 2 rings (SSSR count). The molecule has 0 bridgehead atoms. The minimum absolute atomic E-state index is 1.10. The van der Waals surface area contributed by atoms with Gasteiger partial charge in [-0.2, -0.15) is 0 Å². The molecule has 0 aromatic rings. The van der Waals surface area contributed by atoms with E-state index in [1.54, 1.807) is 12.8 Å². The van der Waals surface area contributed by atoms with Crippen molar-refractivity contribution < 1.29 is 5.32 Å². The van der Waals surface area contributed by atoms with Gasteiger partial charge in [0.05, 0.1) is 13.1 Å². The summed E-state index contributed by atoms with van der Waals surface area (Å²) in [7, 11) is 0. The number of rotatable bonds is 1. The van der Waals surface area contributed by atoms with Crippen molar-refractivity contribution in [1.29, 1.82) is 0 Å². The quantitative estimate of drug-likeness (QED) is 0.554. The minimum atomic E-state index is 1.10. The van der Waals surface area contributed by atoms with Crippen LogP contribution in [0.1, 0.15) is 32.1 Å². The number of quaternary nitrogens is 1. The van der Waals surface area contributed by atoms with E-state index in [9.17, 15) is 0 Å². The van der Waals surface area contributed by atoms with E-state index in [-0.39, 0.29) is 0 Å². The standard InChI is InChI=1S/C9H17N/c1-3-8(4-1)9-5-2-6-10-7-9/h8-10H,1-7H2/p+1. The monoisotopic (exact) mass is 140 g/mol. The third-order valence-electron chi connectivity index (χ3n) is 3.27. The Morgan fingerprint density at radius 3 is 2.20 bits per heavy atom. The van der Waals surface area contributed by atoms with E-state index in [2.05, 4.69) is 5.32 Å². The molecule has 2 N–H and O–H groups in total. The molecule has 0 spiro atoms. The minimum Gasteiger partial charge on any atom is -0.346 e. The Bertz CT molecular complexity index is 101. The Balaban J connectivity index is 1.78. The van der Waals surface area contributed by atoms with Crippen LogP contribution < -0.4 is 5.32 Å². The first kappa shape index (κ1) is 6.66. The van der Waals surface area contributed by atoms with Crippen molar-refractivity contribution in [2.45, 2.75) is 32.1 Å². The maximum Gasteiger partial charge on any atom is 0.0786 e. The van der Waals surface area contributed by atoms with Crippen LogP contribution in [-0.4, -0.2) is 13.1 Å². The third kappa shape index (κ3) is 1.20. The zero-order valence-electron chi connectivity index (χ0n) is 6.68. The van der Waals surface area contributed by atoms with Gasteiger partial charge in [-0.3, -0.25) is 0 Å². The molecule has 1 aliphatic heterocycles. The Labute approximate surface area is 63.2 Å². The van der Waals surface area contributed by atoms with Gasteiger partial charge < -0.3 is 5.32 Å². The maximum absolute atomic E-state index is 2.51. The van der Waals surface area contributed by atoms with E-state index in [0.717, 1.165) is 11.8 Å². The van der Waals surface area contributed by atoms with Gasteiger partial charge in [0.1, 0.15) is 0 Å². The molecule has 1 heterocycles. The highest BCUT2D eigenvalue weighted by Gasteiger charge is 2.29. The van der Waals surface area contributed by atoms with Crippen molar-refractivity contribution in [2.24, 2.45) is 11.8 Å². The van der Waals surface area contributed by atoms with Crippen LogP contribution in [0.25, 0.3) is 0 Å². The molecule has 1 aliphatic carbocycles. The van der Waals surface area contributed by atoms with Gasteiger partial charge >= 0.3 is 0 Å². The van der Waals surface area contributed by atoms with Crippen LogP contribution in [0.15, 0.2) is 0 Å². The Morgan fingerprint density at radius 1 is 0.900 bits per heavy atom. The summed E-state index contributed by atoms with van der Waals surface area (Å²) in [6.45, 7) is 2.83. The predicted molar refractivity (Wildman–Crippen MR) is 41.7 cm³/mol. The van der Waals surface area contributed by atoms with E-state index in [1.807, 2.05) is 0 Å². The van der Waals surface area contributed by atoms with E-state index in [4.69, 9.17) is 0 Å². The van der Waals surface area contributed by atoms with Crippen molar-refractivity contribution >= 4 is 0 Å². The Morgan fingerprint density at radius 2 is 1.70 bits per heavy atom. The van der Waals surface area contributed by atoms with Crippen LogP contribution in [0.5, 0.6) is 0 Å². The number of hydrogen-bond acceptors (Lipinski definition) is 0. The Kier molecular flexibility index (Phi) is 1.94. The Hall–Kier alpha value is -0.0400. The first-order chi connectivity index (χ1) is 4.97. The summed E-state index contributed by atoms with van der Waals surface area (Å²) in [5.74, 6) is 2.24. The molecular weight excluding hydrogens is 122 g/mol. The summed E-state index contributed by atoms with van der Waals surface area (Å²) in [5.41, 5.74) is 0. The van der Waals surface area contributed by atoms with E-state index in [0.29, 0.717) is 0 Å². The molecule has 2 aliphatic rings. The van der Waals surface area contributed by atoms with Crippen LogP contribution in [0.3, 0.4) is 0 Å². The molecule has 1 atom stereocenters. The molecule has 10 heavy (non-hydrogen) atoms. The van der Waals surface area contributed by atoms with Gasteiger partial charge in [-0.25, -0.2) is 0 Å². The molecule has 1 unspecified atom stereocenters. The van der Waals surface area contributed by atoms with Crippen LogP contribution >= 0.6 is 0 Å². The highest BCUT2D eigenvalue weighted by molar-refractivity contribution is 4.77. The third-order valence-corrected chi connectivity index (χ3v) is 3.27. The number of nitrogens with two attached hydrogens (primary N) is 1. The summed E-state index contributed by atoms with van der Waals surface area (Å²) in [6, 6.07) is 0. The molecule has 0 amide bonds. The molecule has 2 fully saturated rings. The second kappa shape index (κ2) is 2.91. The zero-order valence-corrected chi connectivity index (χ0v) is 6.68. The van der Waals surface area contributed by atoms with Crippen molar-refractivity contribution in [1.82, 2.24) is 0 Å². The number of hydrogen-bond donors (Lipinski definition) is 1. The molecule has 58 valence electrons. The molecule has 1 nitrogen and oxygen atoms in total. The van der Waals surface area contributed by atoms with Gasteiger partial charge in [-0.05, 0) is 31.6 Å². The largest absolute Gasteiger partial charge is 0.346 e. The lowest BCUT2D eigenvalue weighted by atomic mass is 9.73. The zero-order chi connectivity index (χ0) is 6.81. The van der Waals surface area contributed by atoms with Crippen molar-refractivity contribution in [2.75, 3.05) is 13.1 Å². The van der Waals surface area contributed by atoms with Gasteiger partial charge in [0, 0.05) is 5.92 Å². The van der Waals surface area contributed by atoms with Crippen LogP contribution in [0.4, 0.5) is 0 Å². The maximum atomic E-state index is 2.51. The van der Waals surface area contributed by atoms with Crippen LogP contribution in [0, 0.1) is 11.8 Å². The highest BCUT2D eigenvalue weighted by Crippen LogP contribution is 2.35. The molecule has 1 saturated heterocycles. The second-order valence-electron chi connectivity index (χ2n) is 3.91. The normalized spacial score (nSPS) is 35.4. The number of piperidine rings is 1. The summed E-state index contributed by atoms with van der Waals surface area (Å²) >= 11 is 0. The fourth-order valence-electron chi connectivity index (χ4n) is 2.31. The summed E-state index contributed by atoms with van der Waals surface area (Å²) in [4.78, 5) is 0. The summed E-state index contributed by atoms with van der Waals surface area (Å²) in [5, 5.41) is 2.51. The highest BCUT2D eigenvalue weighted by atomic mass is 14.9. The van der Waals surface area contributed by atoms with Crippen molar-refractivity contribution in [3.63, 3.8) is 0 Å². The smallest absolute Gasteiger partial charge is 0.0786 e. The fourth-order valence-corrected chi connectivity index (χ4v) is 2.31. The molecule has 1 heteroatoms. The lowest BCUT2D eigenvalue weighted by Crippen LogP contribution is -2.87. The predicted octanol–water partition coefficient (Wildman–Crippen LogP) is 0.760. The van der Waals surface area contributed by atoms with Gasteiger partial charge in [-0.15, -0.1) is 0 Å². The average molecular weight is 140 g/mol. The van der Waals surface area contributed by atoms with E-state index in [1.165, 1.54) is 32.4 Å². The van der Waals surface area contributed by atoms with Crippen molar-refractivity contribution in [3.05, 3.63) is 0 Å². The topological polar surface area (TPSA) is 16.6 Å². The lowest BCUT2D eigenvalue weighted by Gasteiger charge is -2.34. The van der Waals surface area contributed by atoms with Crippen LogP contribution in [-0.2, 0) is 0 Å². The lowest BCUT2D eigenvalue weighted by molar-refractivity contribution is -0.670. The average Bonchev–Trinajstić information content (AvgIpc) is 1.86. The SMILES string of the molecule is C1CC(C2CCC[NH2+]C2)C1. The van der Waals surface area contributed by atoms with Gasteiger partial charge in [0.25, 0.3) is 0 Å². The second-order valence-corrected chi connectivity index (χ2v) is 3.91. The first-order valence-electron chi connectivity index (χ1n) is 4.78. The van der Waals surface area contributed by atoms with E-state index < -0.39 is 0 Å².